The van der Waals surface area contributed by atoms with Crippen LogP contribution in [-0.2, 0) is 0 Å². The molecule has 0 amide bonds. The van der Waals surface area contributed by atoms with Gasteiger partial charge in [0.05, 0.1) is 6.61 Å². The van der Waals surface area contributed by atoms with Gasteiger partial charge in [0.2, 0.25) is 0 Å². The molecule has 1 heterocycles. The zero-order valence-electron chi connectivity index (χ0n) is 9.82. The number of nitrogens with two attached hydrogens (primary N) is 1. The van der Waals surface area contributed by atoms with Gasteiger partial charge < -0.3 is 16.2 Å². The first-order chi connectivity index (χ1) is 8.21. The molecule has 2 saturated carbocycles. The van der Waals surface area contributed by atoms with Gasteiger partial charge in [0, 0.05) is 23.9 Å². The van der Waals surface area contributed by atoms with Gasteiger partial charge in [0.1, 0.15) is 17.5 Å². The second-order valence-corrected chi connectivity index (χ2v) is 5.32. The summed E-state index contributed by atoms with van der Waals surface area (Å²) in [4.78, 5) is 8.73. The maximum atomic E-state index is 9.24. The Morgan fingerprint density at radius 1 is 1.41 bits per heavy atom. The molecule has 0 unspecified atom stereocenters. The minimum Gasteiger partial charge on any atom is -0.396 e. The number of aromatic nitrogens is 2. The van der Waals surface area contributed by atoms with Crippen LogP contribution in [0, 0.1) is 5.41 Å². The number of anilines is 2. The van der Waals surface area contributed by atoms with Gasteiger partial charge in [-0.2, -0.15) is 0 Å². The molecular weight excluding hydrogens is 216 g/mol. The first-order valence-electron chi connectivity index (χ1n) is 6.20. The zero-order valence-corrected chi connectivity index (χ0v) is 9.82. The SMILES string of the molecule is Nc1cc(NCC2(CO)CC2)nc(C2CC2)n1. The van der Waals surface area contributed by atoms with Crippen molar-refractivity contribution in [3.8, 4) is 0 Å². The van der Waals surface area contributed by atoms with Crippen LogP contribution >= 0.6 is 0 Å². The van der Waals surface area contributed by atoms with Crippen LogP contribution in [0.15, 0.2) is 6.07 Å². The highest BCUT2D eigenvalue weighted by Crippen LogP contribution is 2.45. The monoisotopic (exact) mass is 234 g/mol. The zero-order chi connectivity index (χ0) is 11.9. The number of nitrogens with one attached hydrogen (secondary N) is 1. The van der Waals surface area contributed by atoms with Crippen LogP contribution in [0.3, 0.4) is 0 Å². The van der Waals surface area contributed by atoms with Gasteiger partial charge in [0.25, 0.3) is 0 Å². The number of nitrogens with zero attached hydrogens (tertiary/aromatic N) is 2. The third-order valence-corrected chi connectivity index (χ3v) is 3.64. The van der Waals surface area contributed by atoms with Gasteiger partial charge in [-0.1, -0.05) is 0 Å². The molecule has 5 heteroatoms. The summed E-state index contributed by atoms with van der Waals surface area (Å²) < 4.78 is 0. The molecular formula is C12H18N4O. The van der Waals surface area contributed by atoms with Crippen molar-refractivity contribution in [1.29, 1.82) is 0 Å². The van der Waals surface area contributed by atoms with E-state index in [1.54, 1.807) is 6.07 Å². The summed E-state index contributed by atoms with van der Waals surface area (Å²) in [6.45, 7) is 1.01. The van der Waals surface area contributed by atoms with E-state index in [9.17, 15) is 5.11 Å². The summed E-state index contributed by atoms with van der Waals surface area (Å²) >= 11 is 0. The highest BCUT2D eigenvalue weighted by atomic mass is 16.3. The van der Waals surface area contributed by atoms with Crippen molar-refractivity contribution in [2.45, 2.75) is 31.6 Å². The van der Waals surface area contributed by atoms with Gasteiger partial charge in [-0.15, -0.1) is 0 Å². The van der Waals surface area contributed by atoms with Gasteiger partial charge in [0.15, 0.2) is 0 Å². The third kappa shape index (κ3) is 2.34. The molecule has 2 aliphatic carbocycles. The topological polar surface area (TPSA) is 84.1 Å². The molecule has 92 valence electrons. The minimum atomic E-state index is 0.0828. The van der Waals surface area contributed by atoms with Gasteiger partial charge in [-0.25, -0.2) is 9.97 Å². The number of hydrogen-bond donors (Lipinski definition) is 3. The predicted octanol–water partition coefficient (Wildman–Crippen LogP) is 1.12. The summed E-state index contributed by atoms with van der Waals surface area (Å²) in [5.41, 5.74) is 5.85. The van der Waals surface area contributed by atoms with E-state index in [-0.39, 0.29) is 12.0 Å². The molecule has 0 aliphatic heterocycles. The Hall–Kier alpha value is -1.36. The number of rotatable bonds is 5. The van der Waals surface area contributed by atoms with Crippen molar-refractivity contribution in [2.24, 2.45) is 5.41 Å². The van der Waals surface area contributed by atoms with E-state index < -0.39 is 0 Å². The van der Waals surface area contributed by atoms with Crippen LogP contribution < -0.4 is 11.1 Å². The van der Waals surface area contributed by atoms with E-state index in [4.69, 9.17) is 5.73 Å². The fourth-order valence-corrected chi connectivity index (χ4v) is 1.95. The second kappa shape index (κ2) is 3.84. The molecule has 0 saturated heterocycles. The van der Waals surface area contributed by atoms with Crippen molar-refractivity contribution in [1.82, 2.24) is 9.97 Å². The van der Waals surface area contributed by atoms with Crippen LogP contribution in [0.4, 0.5) is 11.6 Å². The Morgan fingerprint density at radius 3 is 2.76 bits per heavy atom. The van der Waals surface area contributed by atoms with Crippen molar-refractivity contribution in [2.75, 3.05) is 24.2 Å². The van der Waals surface area contributed by atoms with E-state index in [0.717, 1.165) is 31.0 Å². The lowest BCUT2D eigenvalue weighted by atomic mass is 10.1. The van der Waals surface area contributed by atoms with Gasteiger partial charge in [-0.05, 0) is 25.7 Å². The fraction of sp³-hybridized carbons (Fsp3) is 0.667. The van der Waals surface area contributed by atoms with Crippen molar-refractivity contribution < 1.29 is 5.11 Å². The highest BCUT2D eigenvalue weighted by molar-refractivity contribution is 5.45. The first-order valence-corrected chi connectivity index (χ1v) is 6.20. The average Bonchev–Trinajstić information content (AvgIpc) is 3.19. The standard InChI is InChI=1S/C12H18N4O/c13-9-5-10(14-6-12(7-17)3-4-12)16-11(15-9)8-1-2-8/h5,8,17H,1-4,6-7H2,(H3,13,14,15,16). The molecule has 0 aromatic carbocycles. The molecule has 0 bridgehead atoms. The number of aliphatic hydroxyl groups excluding tert-OH is 1. The summed E-state index contributed by atoms with van der Waals surface area (Å²) in [6, 6.07) is 1.76. The molecule has 2 aliphatic rings. The van der Waals surface area contributed by atoms with Crippen LogP contribution in [0.5, 0.6) is 0 Å². The molecule has 0 spiro atoms. The molecule has 2 fully saturated rings. The second-order valence-electron chi connectivity index (χ2n) is 5.32. The maximum Gasteiger partial charge on any atom is 0.136 e. The van der Waals surface area contributed by atoms with Crippen molar-refractivity contribution >= 4 is 11.6 Å². The van der Waals surface area contributed by atoms with Crippen LogP contribution in [0.2, 0.25) is 0 Å². The normalized spacial score (nSPS) is 21.2. The molecule has 5 nitrogen and oxygen atoms in total. The molecule has 0 atom stereocenters. The number of aliphatic hydroxyl groups is 1. The van der Waals surface area contributed by atoms with Crippen LogP contribution in [-0.4, -0.2) is 28.2 Å². The summed E-state index contributed by atoms with van der Waals surface area (Å²) in [5.74, 6) is 2.69. The van der Waals surface area contributed by atoms with Gasteiger partial charge >= 0.3 is 0 Å². The third-order valence-electron chi connectivity index (χ3n) is 3.64. The summed E-state index contributed by atoms with van der Waals surface area (Å²) in [7, 11) is 0. The number of hydrogen-bond acceptors (Lipinski definition) is 5. The summed E-state index contributed by atoms with van der Waals surface area (Å²) in [5, 5.41) is 12.5. The van der Waals surface area contributed by atoms with Crippen LogP contribution in [0.1, 0.15) is 37.4 Å². The molecule has 3 rings (SSSR count). The van der Waals surface area contributed by atoms with E-state index in [2.05, 4.69) is 15.3 Å². The maximum absolute atomic E-state index is 9.24. The molecule has 1 aromatic heterocycles. The Labute approximate surface area is 100 Å². The van der Waals surface area contributed by atoms with E-state index >= 15 is 0 Å². The van der Waals surface area contributed by atoms with E-state index in [0.29, 0.717) is 11.7 Å². The van der Waals surface area contributed by atoms with Gasteiger partial charge in [-0.3, -0.25) is 0 Å². The fourth-order valence-electron chi connectivity index (χ4n) is 1.95. The van der Waals surface area contributed by atoms with E-state index in [1.165, 1.54) is 12.8 Å². The first kappa shape index (κ1) is 10.8. The highest BCUT2D eigenvalue weighted by Gasteiger charge is 2.41. The predicted molar refractivity (Wildman–Crippen MR) is 65.7 cm³/mol. The Morgan fingerprint density at radius 2 is 2.18 bits per heavy atom. The van der Waals surface area contributed by atoms with Crippen molar-refractivity contribution in [3.05, 3.63) is 11.9 Å². The molecule has 0 radical (unpaired) electrons. The Kier molecular flexibility index (Phi) is 2.43. The quantitative estimate of drug-likeness (QED) is 0.711. The Bertz CT molecular complexity index is 427. The largest absolute Gasteiger partial charge is 0.396 e. The average molecular weight is 234 g/mol. The lowest BCUT2D eigenvalue weighted by Crippen LogP contribution is -2.20. The Balaban J connectivity index is 1.69. The van der Waals surface area contributed by atoms with Crippen LogP contribution in [0.25, 0.3) is 0 Å². The lowest BCUT2D eigenvalue weighted by Gasteiger charge is -2.13. The van der Waals surface area contributed by atoms with Crippen molar-refractivity contribution in [3.63, 3.8) is 0 Å². The smallest absolute Gasteiger partial charge is 0.136 e. The number of nitrogen functional groups attached to an aromatic ring is 1. The lowest BCUT2D eigenvalue weighted by molar-refractivity contribution is 0.219. The minimum absolute atomic E-state index is 0.0828. The molecule has 4 N–H and O–H groups in total. The molecule has 17 heavy (non-hydrogen) atoms. The summed E-state index contributed by atoms with van der Waals surface area (Å²) in [6.07, 6.45) is 4.52. The van der Waals surface area contributed by atoms with E-state index in [1.807, 2.05) is 0 Å². The molecule has 1 aromatic rings.